The first kappa shape index (κ1) is 16.2. The van der Waals surface area contributed by atoms with Gasteiger partial charge >= 0.3 is 0 Å². The molecule has 2 aromatic carbocycles. The summed E-state index contributed by atoms with van der Waals surface area (Å²) in [5, 5.41) is 3.28. The Morgan fingerprint density at radius 2 is 1.50 bits per heavy atom. The van der Waals surface area contributed by atoms with Crippen LogP contribution in [0.5, 0.6) is 0 Å². The number of nitrogens with zero attached hydrogens (tertiary/aromatic N) is 1. The minimum Gasteiger partial charge on any atom is -0.373 e. The Morgan fingerprint density at radius 3 is 2.17 bits per heavy atom. The lowest BCUT2D eigenvalue weighted by Crippen LogP contribution is -2.35. The zero-order chi connectivity index (χ0) is 17.4. The van der Waals surface area contributed by atoms with Crippen LogP contribution < -0.4 is 10.2 Å². The van der Waals surface area contributed by atoms with E-state index < -0.39 is 6.04 Å². The Balaban J connectivity index is 1.91. The number of anilines is 2. The van der Waals surface area contributed by atoms with Crippen LogP contribution in [0.3, 0.4) is 0 Å². The average molecular weight is 322 g/mol. The second kappa shape index (κ2) is 6.11. The van der Waals surface area contributed by atoms with E-state index in [0.29, 0.717) is 5.69 Å². The van der Waals surface area contributed by atoms with Crippen LogP contribution in [0.4, 0.5) is 11.4 Å². The second-order valence-corrected chi connectivity index (χ2v) is 6.45. The molecule has 1 fully saturated rings. The summed E-state index contributed by atoms with van der Waals surface area (Å²) in [5.74, 6) is -0.339. The van der Waals surface area contributed by atoms with Crippen molar-refractivity contribution < 1.29 is 9.59 Å². The summed E-state index contributed by atoms with van der Waals surface area (Å²) in [6.45, 7) is 7.92. The number of nitrogens with one attached hydrogen (secondary N) is 1. The highest BCUT2D eigenvalue weighted by atomic mass is 16.2. The molecule has 1 N–H and O–H groups in total. The van der Waals surface area contributed by atoms with Crippen LogP contribution >= 0.6 is 0 Å². The van der Waals surface area contributed by atoms with Gasteiger partial charge in [0.1, 0.15) is 6.04 Å². The Morgan fingerprint density at radius 1 is 0.917 bits per heavy atom. The topological polar surface area (TPSA) is 49.4 Å². The van der Waals surface area contributed by atoms with Crippen molar-refractivity contribution in [1.29, 1.82) is 0 Å². The first-order valence-electron chi connectivity index (χ1n) is 8.16. The second-order valence-electron chi connectivity index (χ2n) is 6.45. The van der Waals surface area contributed by atoms with Gasteiger partial charge < -0.3 is 5.32 Å². The van der Waals surface area contributed by atoms with E-state index >= 15 is 0 Å². The average Bonchev–Trinajstić information content (AvgIpc) is 2.80. The van der Waals surface area contributed by atoms with Gasteiger partial charge in [0.25, 0.3) is 5.91 Å². The summed E-state index contributed by atoms with van der Waals surface area (Å²) in [6, 6.07) is 11.2. The molecule has 1 aliphatic rings. The van der Waals surface area contributed by atoms with Gasteiger partial charge in [-0.25, -0.2) is 4.90 Å². The molecule has 4 nitrogen and oxygen atoms in total. The van der Waals surface area contributed by atoms with Crippen molar-refractivity contribution in [3.63, 3.8) is 0 Å². The summed E-state index contributed by atoms with van der Waals surface area (Å²) in [6.07, 6.45) is 0.181. The van der Waals surface area contributed by atoms with Crippen molar-refractivity contribution in [2.24, 2.45) is 0 Å². The van der Waals surface area contributed by atoms with Gasteiger partial charge in [0, 0.05) is 5.69 Å². The fourth-order valence-electron chi connectivity index (χ4n) is 3.19. The van der Waals surface area contributed by atoms with Crippen LogP contribution in [0.1, 0.15) is 28.7 Å². The summed E-state index contributed by atoms with van der Waals surface area (Å²) < 4.78 is 0. The number of imide groups is 1. The van der Waals surface area contributed by atoms with Crippen LogP contribution in [0.25, 0.3) is 0 Å². The summed E-state index contributed by atoms with van der Waals surface area (Å²) in [5.41, 5.74) is 5.80. The van der Waals surface area contributed by atoms with Gasteiger partial charge in [0.15, 0.2) is 0 Å². The van der Waals surface area contributed by atoms with Gasteiger partial charge in [-0.1, -0.05) is 30.3 Å². The molecule has 3 rings (SSSR count). The molecule has 24 heavy (non-hydrogen) atoms. The highest BCUT2D eigenvalue weighted by Crippen LogP contribution is 2.30. The number of aryl methyl sites for hydroxylation is 3. The highest BCUT2D eigenvalue weighted by Gasteiger charge is 2.40. The molecule has 0 saturated carbocycles. The third kappa shape index (κ3) is 2.68. The first-order valence-corrected chi connectivity index (χ1v) is 8.16. The monoisotopic (exact) mass is 322 g/mol. The molecule has 0 bridgehead atoms. The molecule has 1 atom stereocenters. The fraction of sp³-hybridized carbons (Fsp3) is 0.300. The van der Waals surface area contributed by atoms with Gasteiger partial charge in [-0.05, 0) is 56.0 Å². The quantitative estimate of drug-likeness (QED) is 0.877. The van der Waals surface area contributed by atoms with E-state index in [1.165, 1.54) is 4.90 Å². The first-order chi connectivity index (χ1) is 11.4. The van der Waals surface area contributed by atoms with Gasteiger partial charge in [-0.2, -0.15) is 0 Å². The SMILES string of the molecule is Cc1cccc(N2C(=O)C[C@H](Nc3c(C)cccc3C)C2=O)c1C. The van der Waals surface area contributed by atoms with Crippen molar-refractivity contribution in [2.75, 3.05) is 10.2 Å². The Hall–Kier alpha value is -2.62. The van der Waals surface area contributed by atoms with Crippen molar-refractivity contribution in [1.82, 2.24) is 0 Å². The zero-order valence-electron chi connectivity index (χ0n) is 14.5. The number of hydrogen-bond acceptors (Lipinski definition) is 3. The van der Waals surface area contributed by atoms with Gasteiger partial charge in [0.2, 0.25) is 5.91 Å². The molecular weight excluding hydrogens is 300 g/mol. The van der Waals surface area contributed by atoms with Gasteiger partial charge in [-0.15, -0.1) is 0 Å². The van der Waals surface area contributed by atoms with E-state index in [4.69, 9.17) is 0 Å². The molecule has 0 radical (unpaired) electrons. The van der Waals surface area contributed by atoms with Crippen LogP contribution in [0.15, 0.2) is 36.4 Å². The molecule has 0 aromatic heterocycles. The third-order valence-corrected chi connectivity index (χ3v) is 4.76. The maximum absolute atomic E-state index is 12.8. The van der Waals surface area contributed by atoms with Crippen LogP contribution in [-0.2, 0) is 9.59 Å². The molecule has 124 valence electrons. The zero-order valence-corrected chi connectivity index (χ0v) is 14.5. The van der Waals surface area contributed by atoms with Gasteiger partial charge in [0.05, 0.1) is 12.1 Å². The highest BCUT2D eigenvalue weighted by molar-refractivity contribution is 6.23. The standard InChI is InChI=1S/C20H22N2O2/c1-12-7-6-10-17(15(12)4)22-18(23)11-16(20(22)24)21-19-13(2)8-5-9-14(19)3/h5-10,16,21H,11H2,1-4H3/t16-/m0/s1. The number of rotatable bonds is 3. The molecule has 2 amide bonds. The molecule has 2 aromatic rings. The van der Waals surface area contributed by atoms with Crippen molar-refractivity contribution >= 4 is 23.2 Å². The van der Waals surface area contributed by atoms with E-state index in [0.717, 1.165) is 27.9 Å². The predicted octanol–water partition coefficient (Wildman–Crippen LogP) is 3.66. The molecule has 1 aliphatic heterocycles. The third-order valence-electron chi connectivity index (χ3n) is 4.76. The van der Waals surface area contributed by atoms with E-state index in [9.17, 15) is 9.59 Å². The Labute approximate surface area is 142 Å². The summed E-state index contributed by atoms with van der Waals surface area (Å²) in [7, 11) is 0. The smallest absolute Gasteiger partial charge is 0.256 e. The maximum Gasteiger partial charge on any atom is 0.256 e. The van der Waals surface area contributed by atoms with Crippen molar-refractivity contribution in [3.05, 3.63) is 58.7 Å². The minimum absolute atomic E-state index is 0.155. The normalized spacial score (nSPS) is 17.5. The molecular formula is C20H22N2O2. The number of amides is 2. The van der Waals surface area contributed by atoms with Gasteiger partial charge in [-0.3, -0.25) is 9.59 Å². The van der Waals surface area contributed by atoms with E-state index in [1.54, 1.807) is 0 Å². The molecule has 1 saturated heterocycles. The van der Waals surface area contributed by atoms with Crippen LogP contribution in [-0.4, -0.2) is 17.9 Å². The lowest BCUT2D eigenvalue weighted by molar-refractivity contribution is -0.121. The van der Waals surface area contributed by atoms with E-state index in [2.05, 4.69) is 5.32 Å². The predicted molar refractivity (Wildman–Crippen MR) is 96.4 cm³/mol. The lowest BCUT2D eigenvalue weighted by atomic mass is 10.1. The lowest BCUT2D eigenvalue weighted by Gasteiger charge is -2.20. The van der Waals surface area contributed by atoms with Crippen LogP contribution in [0.2, 0.25) is 0 Å². The van der Waals surface area contributed by atoms with Crippen molar-refractivity contribution in [3.8, 4) is 0 Å². The summed E-state index contributed by atoms with van der Waals surface area (Å²) in [4.78, 5) is 26.7. The maximum atomic E-state index is 12.8. The van der Waals surface area contributed by atoms with E-state index in [-0.39, 0.29) is 18.2 Å². The fourth-order valence-corrected chi connectivity index (χ4v) is 3.19. The number of carbonyl (C=O) groups excluding carboxylic acids is 2. The number of carbonyl (C=O) groups is 2. The van der Waals surface area contributed by atoms with E-state index in [1.807, 2.05) is 64.1 Å². The number of benzene rings is 2. The van der Waals surface area contributed by atoms with Crippen molar-refractivity contribution in [2.45, 2.75) is 40.2 Å². The molecule has 1 heterocycles. The Kier molecular flexibility index (Phi) is 4.14. The summed E-state index contributed by atoms with van der Waals surface area (Å²) >= 11 is 0. The largest absolute Gasteiger partial charge is 0.373 e. The number of hydrogen-bond donors (Lipinski definition) is 1. The molecule has 0 spiro atoms. The van der Waals surface area contributed by atoms with Crippen LogP contribution in [0, 0.1) is 27.7 Å². The number of para-hydroxylation sites is 1. The molecule has 0 unspecified atom stereocenters. The molecule has 4 heteroatoms. The minimum atomic E-state index is -0.516. The molecule has 0 aliphatic carbocycles. The Bertz CT molecular complexity index is 806.